The van der Waals surface area contributed by atoms with Gasteiger partial charge in [0.25, 0.3) is 0 Å². The third-order valence-electron chi connectivity index (χ3n) is 2.93. The summed E-state index contributed by atoms with van der Waals surface area (Å²) in [6.07, 6.45) is 0. The lowest BCUT2D eigenvalue weighted by molar-refractivity contribution is 1.26. The van der Waals surface area contributed by atoms with E-state index in [1.54, 1.807) is 0 Å². The second kappa shape index (κ2) is 4.51. The van der Waals surface area contributed by atoms with Crippen molar-refractivity contribution >= 4 is 33.5 Å². The number of pyridine rings is 1. The molecule has 98 valence electrons. The third kappa shape index (κ3) is 1.91. The number of nitrogens with zero attached hydrogens (tertiary/aromatic N) is 3. The van der Waals surface area contributed by atoms with Crippen molar-refractivity contribution < 1.29 is 0 Å². The zero-order valence-corrected chi connectivity index (χ0v) is 11.7. The van der Waals surface area contributed by atoms with Gasteiger partial charge in [-0.1, -0.05) is 0 Å². The smallest absolute Gasteiger partial charge is 0.180 e. The summed E-state index contributed by atoms with van der Waals surface area (Å²) >= 11 is 1.43. The molecule has 0 unspecified atom stereocenters. The Hall–Kier alpha value is -2.15. The van der Waals surface area contributed by atoms with Gasteiger partial charge in [-0.2, -0.15) is 4.37 Å². The van der Waals surface area contributed by atoms with Gasteiger partial charge in [0.15, 0.2) is 5.65 Å². The van der Waals surface area contributed by atoms with Crippen LogP contribution >= 0.6 is 11.5 Å². The minimum Gasteiger partial charge on any atom is -0.378 e. The van der Waals surface area contributed by atoms with E-state index >= 15 is 0 Å². The molecule has 3 aromatic heterocycles. The predicted molar refractivity (Wildman–Crippen MR) is 78.8 cm³/mol. The van der Waals surface area contributed by atoms with Crippen LogP contribution in [0.4, 0.5) is 10.8 Å². The van der Waals surface area contributed by atoms with Crippen molar-refractivity contribution in [3.8, 4) is 11.4 Å². The Labute approximate surface area is 114 Å². The number of hydrogen-bond donors (Lipinski definition) is 3. The summed E-state index contributed by atoms with van der Waals surface area (Å²) in [5.41, 5.74) is 3.59. The molecule has 3 heterocycles. The lowest BCUT2D eigenvalue weighted by Gasteiger charge is -1.98. The fourth-order valence-electron chi connectivity index (χ4n) is 1.97. The van der Waals surface area contributed by atoms with Gasteiger partial charge >= 0.3 is 0 Å². The first-order valence-electron chi connectivity index (χ1n) is 5.92. The maximum Gasteiger partial charge on any atom is 0.180 e. The molecule has 19 heavy (non-hydrogen) atoms. The largest absolute Gasteiger partial charge is 0.378 e. The van der Waals surface area contributed by atoms with Crippen molar-refractivity contribution in [2.75, 3.05) is 24.7 Å². The summed E-state index contributed by atoms with van der Waals surface area (Å²) in [5, 5.41) is 7.16. The van der Waals surface area contributed by atoms with E-state index < -0.39 is 0 Å². The molecular formula is C12H14N6S. The molecule has 0 saturated heterocycles. The van der Waals surface area contributed by atoms with Crippen molar-refractivity contribution in [3.63, 3.8) is 0 Å². The van der Waals surface area contributed by atoms with Crippen LogP contribution in [0.15, 0.2) is 12.1 Å². The summed E-state index contributed by atoms with van der Waals surface area (Å²) in [6.45, 7) is 1.98. The molecule has 0 aliphatic heterocycles. The zero-order chi connectivity index (χ0) is 13.4. The van der Waals surface area contributed by atoms with Crippen molar-refractivity contribution in [2.45, 2.75) is 6.92 Å². The Kier molecular flexibility index (Phi) is 2.83. The fraction of sp³-hybridized carbons (Fsp3) is 0.250. The monoisotopic (exact) mass is 274 g/mol. The normalized spacial score (nSPS) is 10.9. The van der Waals surface area contributed by atoms with Crippen molar-refractivity contribution in [1.29, 1.82) is 0 Å². The Bertz CT molecular complexity index is 729. The number of aromatic nitrogens is 4. The third-order valence-corrected chi connectivity index (χ3v) is 3.88. The number of imidazole rings is 1. The summed E-state index contributed by atoms with van der Waals surface area (Å²) in [6, 6.07) is 3.89. The van der Waals surface area contributed by atoms with Gasteiger partial charge in [0.2, 0.25) is 0 Å². The highest BCUT2D eigenvalue weighted by Crippen LogP contribution is 2.33. The van der Waals surface area contributed by atoms with Crippen LogP contribution in [0.25, 0.3) is 22.6 Å². The van der Waals surface area contributed by atoms with E-state index in [1.807, 2.05) is 33.2 Å². The number of nitrogens with one attached hydrogen (secondary N) is 3. The van der Waals surface area contributed by atoms with E-state index in [2.05, 4.69) is 30.0 Å². The molecule has 3 N–H and O–H groups in total. The number of fused-ring (bicyclic) bond motifs is 1. The van der Waals surface area contributed by atoms with Crippen LogP contribution in [-0.2, 0) is 0 Å². The van der Waals surface area contributed by atoms with Crippen LogP contribution in [0.3, 0.4) is 0 Å². The quantitative estimate of drug-likeness (QED) is 0.684. The number of aromatic amines is 1. The van der Waals surface area contributed by atoms with Gasteiger partial charge in [0, 0.05) is 14.1 Å². The van der Waals surface area contributed by atoms with Crippen molar-refractivity contribution in [1.82, 2.24) is 19.3 Å². The Morgan fingerprint density at radius 3 is 2.74 bits per heavy atom. The number of H-pyrrole nitrogens is 1. The number of anilines is 2. The fourth-order valence-corrected chi connectivity index (χ4v) is 2.72. The highest BCUT2D eigenvalue weighted by molar-refractivity contribution is 7.10. The number of hydrogen-bond acceptors (Lipinski definition) is 6. The molecule has 0 amide bonds. The number of aryl methyl sites for hydroxylation is 1. The van der Waals surface area contributed by atoms with Crippen LogP contribution in [0.5, 0.6) is 0 Å². The molecule has 7 heteroatoms. The molecule has 0 saturated carbocycles. The first-order chi connectivity index (χ1) is 9.22. The first-order valence-corrected chi connectivity index (χ1v) is 6.69. The molecule has 0 fully saturated rings. The highest BCUT2D eigenvalue weighted by atomic mass is 32.1. The Balaban J connectivity index is 2.17. The standard InChI is InChI=1S/C12H14N6S/c1-6-9(12(14-3)19-18-6)11-15-7-4-5-8(13-2)16-10(7)17-11/h4-5,14H,1-3H3,(H2,13,15,16,17). The molecule has 0 aliphatic carbocycles. The molecular weight excluding hydrogens is 260 g/mol. The topological polar surface area (TPSA) is 78.5 Å². The van der Waals surface area contributed by atoms with Gasteiger partial charge in [-0.05, 0) is 30.6 Å². The summed E-state index contributed by atoms with van der Waals surface area (Å²) < 4.78 is 4.35. The van der Waals surface area contributed by atoms with Crippen LogP contribution < -0.4 is 10.6 Å². The van der Waals surface area contributed by atoms with Gasteiger partial charge in [-0.15, -0.1) is 0 Å². The van der Waals surface area contributed by atoms with E-state index in [1.165, 1.54) is 11.5 Å². The molecule has 6 nitrogen and oxygen atoms in total. The number of rotatable bonds is 3. The van der Waals surface area contributed by atoms with Gasteiger partial charge in [-0.25, -0.2) is 9.97 Å². The Morgan fingerprint density at radius 1 is 1.16 bits per heavy atom. The molecule has 0 atom stereocenters. The van der Waals surface area contributed by atoms with E-state index in [9.17, 15) is 0 Å². The highest BCUT2D eigenvalue weighted by Gasteiger charge is 2.16. The molecule has 0 radical (unpaired) electrons. The first kappa shape index (κ1) is 11.9. The predicted octanol–water partition coefficient (Wildman–Crippen LogP) is 2.47. The van der Waals surface area contributed by atoms with E-state index in [-0.39, 0.29) is 0 Å². The molecule has 0 spiro atoms. The summed E-state index contributed by atoms with van der Waals surface area (Å²) in [7, 11) is 3.73. The van der Waals surface area contributed by atoms with Gasteiger partial charge in [-0.3, -0.25) is 0 Å². The van der Waals surface area contributed by atoms with Gasteiger partial charge in [0.05, 0.1) is 16.8 Å². The van der Waals surface area contributed by atoms with Gasteiger partial charge < -0.3 is 15.6 Å². The minimum atomic E-state index is 0.703. The van der Waals surface area contributed by atoms with Crippen LogP contribution in [0, 0.1) is 6.92 Å². The summed E-state index contributed by atoms with van der Waals surface area (Å²) in [4.78, 5) is 12.3. The Morgan fingerprint density at radius 2 is 2.00 bits per heavy atom. The van der Waals surface area contributed by atoms with Gasteiger partial charge in [0.1, 0.15) is 16.6 Å². The zero-order valence-electron chi connectivity index (χ0n) is 10.9. The second-order valence-corrected chi connectivity index (χ2v) is 4.90. The maximum atomic E-state index is 4.55. The molecule has 0 bridgehead atoms. The average Bonchev–Trinajstić information content (AvgIpc) is 3.00. The van der Waals surface area contributed by atoms with Crippen LogP contribution in [0.1, 0.15) is 5.69 Å². The van der Waals surface area contributed by atoms with Crippen molar-refractivity contribution in [3.05, 3.63) is 17.8 Å². The van der Waals surface area contributed by atoms with E-state index in [0.29, 0.717) is 5.65 Å². The lowest BCUT2D eigenvalue weighted by Crippen LogP contribution is -1.91. The average molecular weight is 274 g/mol. The SMILES string of the molecule is CNc1ccc2[nH]c(-c3c(C)nsc3NC)nc2n1. The maximum absolute atomic E-state index is 4.55. The van der Waals surface area contributed by atoms with Crippen molar-refractivity contribution in [2.24, 2.45) is 0 Å². The van der Waals surface area contributed by atoms with E-state index in [0.717, 1.165) is 33.4 Å². The molecule has 0 aliphatic rings. The summed E-state index contributed by atoms with van der Waals surface area (Å²) in [5.74, 6) is 1.60. The van der Waals surface area contributed by atoms with E-state index in [4.69, 9.17) is 0 Å². The lowest BCUT2D eigenvalue weighted by atomic mass is 10.2. The molecule has 3 rings (SSSR count). The second-order valence-electron chi connectivity index (χ2n) is 4.13. The minimum absolute atomic E-state index is 0.703. The van der Waals surface area contributed by atoms with Crippen LogP contribution in [0.2, 0.25) is 0 Å². The molecule has 3 aromatic rings. The molecule has 0 aromatic carbocycles. The van der Waals surface area contributed by atoms with Crippen LogP contribution in [-0.4, -0.2) is 33.4 Å².